The lowest BCUT2D eigenvalue weighted by Crippen LogP contribution is -2.22. The monoisotopic (exact) mass is 355 g/mol. The number of benzene rings is 2. The number of hydrogen-bond acceptors (Lipinski definition) is 1. The summed E-state index contributed by atoms with van der Waals surface area (Å²) in [5, 5.41) is 3.64. The van der Waals surface area contributed by atoms with E-state index in [9.17, 15) is 4.39 Å². The van der Waals surface area contributed by atoms with E-state index in [0.717, 1.165) is 10.0 Å². The molecule has 0 aliphatic carbocycles. The van der Waals surface area contributed by atoms with Crippen LogP contribution in [0.4, 0.5) is 4.39 Å². The van der Waals surface area contributed by atoms with Gasteiger partial charge in [-0.15, -0.1) is 0 Å². The largest absolute Gasteiger partial charge is 0.304 e. The maximum absolute atomic E-state index is 13.2. The Morgan fingerprint density at radius 3 is 2.15 bits per heavy atom. The Hall–Kier alpha value is -0.900. The Balaban J connectivity index is 2.08. The van der Waals surface area contributed by atoms with Crippen molar-refractivity contribution in [2.24, 2.45) is 0 Å². The molecule has 2 rings (SSSR count). The first-order chi connectivity index (χ1) is 9.47. The van der Waals surface area contributed by atoms with Crippen molar-refractivity contribution >= 4 is 27.5 Å². The molecule has 0 amide bonds. The van der Waals surface area contributed by atoms with Crippen molar-refractivity contribution in [3.8, 4) is 0 Å². The molecule has 0 fully saturated rings. The van der Waals surface area contributed by atoms with E-state index in [2.05, 4.69) is 40.3 Å². The van der Waals surface area contributed by atoms with Crippen molar-refractivity contribution in [2.45, 2.75) is 25.9 Å². The van der Waals surface area contributed by atoms with Gasteiger partial charge in [0.2, 0.25) is 0 Å². The second-order valence-electron chi connectivity index (χ2n) is 4.84. The lowest BCUT2D eigenvalue weighted by molar-refractivity contribution is 0.494. The summed E-state index contributed by atoms with van der Waals surface area (Å²) >= 11 is 9.25. The molecule has 0 radical (unpaired) electrons. The molecule has 106 valence electrons. The molecule has 0 aliphatic rings. The van der Waals surface area contributed by atoms with E-state index < -0.39 is 0 Å². The predicted octanol–water partition coefficient (Wildman–Crippen LogP) is 5.65. The zero-order valence-corrected chi connectivity index (χ0v) is 13.7. The van der Waals surface area contributed by atoms with Gasteiger partial charge in [-0.3, -0.25) is 0 Å². The summed E-state index contributed by atoms with van der Waals surface area (Å²) in [6, 6.07) is 13.3. The van der Waals surface area contributed by atoms with Crippen LogP contribution in [0.2, 0.25) is 5.02 Å². The van der Waals surface area contributed by atoms with E-state index in [0.29, 0.717) is 0 Å². The maximum Gasteiger partial charge on any atom is 0.141 e. The van der Waals surface area contributed by atoms with Gasteiger partial charge in [-0.1, -0.05) is 45.7 Å². The molecule has 2 aromatic carbocycles. The van der Waals surface area contributed by atoms with Gasteiger partial charge in [-0.05, 0) is 49.2 Å². The van der Waals surface area contributed by atoms with Crippen molar-refractivity contribution < 1.29 is 4.39 Å². The minimum Gasteiger partial charge on any atom is -0.304 e. The van der Waals surface area contributed by atoms with Gasteiger partial charge in [0.05, 0.1) is 5.02 Å². The summed E-state index contributed by atoms with van der Waals surface area (Å²) in [6.07, 6.45) is 0. The third-order valence-electron chi connectivity index (χ3n) is 3.31. The molecule has 2 atom stereocenters. The fourth-order valence-corrected chi connectivity index (χ4v) is 2.55. The molecule has 2 unspecified atom stereocenters. The first-order valence-electron chi connectivity index (χ1n) is 6.44. The molecule has 20 heavy (non-hydrogen) atoms. The van der Waals surface area contributed by atoms with Crippen LogP contribution in [0.5, 0.6) is 0 Å². The summed E-state index contributed by atoms with van der Waals surface area (Å²) in [5.74, 6) is -0.386. The fraction of sp³-hybridized carbons (Fsp3) is 0.250. The zero-order chi connectivity index (χ0) is 14.7. The smallest absolute Gasteiger partial charge is 0.141 e. The van der Waals surface area contributed by atoms with Gasteiger partial charge in [-0.2, -0.15) is 0 Å². The molecule has 0 aromatic heterocycles. The average Bonchev–Trinajstić information content (AvgIpc) is 2.42. The molecule has 2 aromatic rings. The molecule has 0 saturated carbocycles. The molecule has 0 heterocycles. The van der Waals surface area contributed by atoms with E-state index in [-0.39, 0.29) is 22.9 Å². The lowest BCUT2D eigenvalue weighted by Gasteiger charge is -2.21. The Kier molecular flexibility index (Phi) is 5.19. The molecule has 1 N–H and O–H groups in total. The van der Waals surface area contributed by atoms with Crippen LogP contribution < -0.4 is 5.32 Å². The number of halogens is 3. The summed E-state index contributed by atoms with van der Waals surface area (Å²) in [6.45, 7) is 4.14. The van der Waals surface area contributed by atoms with Gasteiger partial charge in [0, 0.05) is 16.6 Å². The van der Waals surface area contributed by atoms with Gasteiger partial charge in [0.25, 0.3) is 0 Å². The molecular formula is C16H16BrClFN. The van der Waals surface area contributed by atoms with Gasteiger partial charge in [0.15, 0.2) is 0 Å². The highest BCUT2D eigenvalue weighted by Crippen LogP contribution is 2.24. The minimum absolute atomic E-state index is 0.0896. The van der Waals surface area contributed by atoms with Crippen molar-refractivity contribution in [2.75, 3.05) is 0 Å². The molecule has 1 nitrogen and oxygen atoms in total. The Bertz CT molecular complexity index is 586. The van der Waals surface area contributed by atoms with E-state index in [1.165, 1.54) is 11.6 Å². The number of hydrogen-bond donors (Lipinski definition) is 1. The third-order valence-corrected chi connectivity index (χ3v) is 4.13. The van der Waals surface area contributed by atoms with Gasteiger partial charge < -0.3 is 5.32 Å². The first-order valence-corrected chi connectivity index (χ1v) is 7.61. The second kappa shape index (κ2) is 6.70. The maximum atomic E-state index is 13.2. The van der Waals surface area contributed by atoms with Crippen LogP contribution in [-0.2, 0) is 0 Å². The van der Waals surface area contributed by atoms with Crippen LogP contribution in [0.1, 0.15) is 37.1 Å². The molecule has 0 aliphatic heterocycles. The third kappa shape index (κ3) is 3.81. The van der Waals surface area contributed by atoms with Crippen molar-refractivity contribution in [1.29, 1.82) is 0 Å². The molecule has 4 heteroatoms. The fourth-order valence-electron chi connectivity index (χ4n) is 2.10. The highest BCUT2D eigenvalue weighted by molar-refractivity contribution is 9.10. The van der Waals surface area contributed by atoms with E-state index >= 15 is 0 Å². The second-order valence-corrected chi connectivity index (χ2v) is 6.16. The Morgan fingerprint density at radius 1 is 1.00 bits per heavy atom. The summed E-state index contributed by atoms with van der Waals surface area (Å²) in [5.41, 5.74) is 2.17. The van der Waals surface area contributed by atoms with E-state index in [1.54, 1.807) is 12.1 Å². The highest BCUT2D eigenvalue weighted by atomic mass is 79.9. The van der Waals surface area contributed by atoms with Crippen molar-refractivity contribution in [3.63, 3.8) is 0 Å². The lowest BCUT2D eigenvalue weighted by atomic mass is 10.0. The Morgan fingerprint density at radius 2 is 1.55 bits per heavy atom. The van der Waals surface area contributed by atoms with Crippen molar-refractivity contribution in [3.05, 3.63) is 68.9 Å². The molecule has 0 spiro atoms. The topological polar surface area (TPSA) is 12.0 Å². The average molecular weight is 357 g/mol. The summed E-state index contributed by atoms with van der Waals surface area (Å²) in [4.78, 5) is 0. The quantitative estimate of drug-likeness (QED) is 0.746. The SMILES string of the molecule is CC(NC(C)c1ccc(F)c(Cl)c1)c1ccc(Br)cc1. The van der Waals surface area contributed by atoms with Crippen LogP contribution in [-0.4, -0.2) is 0 Å². The highest BCUT2D eigenvalue weighted by Gasteiger charge is 2.12. The molecule has 0 saturated heterocycles. The normalized spacial score (nSPS) is 14.1. The van der Waals surface area contributed by atoms with Gasteiger partial charge >= 0.3 is 0 Å². The predicted molar refractivity (Wildman–Crippen MR) is 85.5 cm³/mol. The summed E-state index contributed by atoms with van der Waals surface area (Å²) < 4.78 is 14.2. The van der Waals surface area contributed by atoms with Crippen LogP contribution in [0.15, 0.2) is 46.9 Å². The minimum atomic E-state index is -0.386. The van der Waals surface area contributed by atoms with Crippen LogP contribution in [0, 0.1) is 5.82 Å². The Labute approximate surface area is 132 Å². The summed E-state index contributed by atoms with van der Waals surface area (Å²) in [7, 11) is 0. The van der Waals surface area contributed by atoms with Crippen LogP contribution in [0.3, 0.4) is 0 Å². The van der Waals surface area contributed by atoms with Gasteiger partial charge in [-0.25, -0.2) is 4.39 Å². The van der Waals surface area contributed by atoms with E-state index in [4.69, 9.17) is 11.6 Å². The van der Waals surface area contributed by atoms with Crippen LogP contribution >= 0.6 is 27.5 Å². The van der Waals surface area contributed by atoms with Crippen molar-refractivity contribution in [1.82, 2.24) is 5.32 Å². The van der Waals surface area contributed by atoms with E-state index in [1.807, 2.05) is 19.1 Å². The zero-order valence-electron chi connectivity index (χ0n) is 11.3. The molecule has 0 bridgehead atoms. The number of rotatable bonds is 4. The van der Waals surface area contributed by atoms with Crippen LogP contribution in [0.25, 0.3) is 0 Å². The first kappa shape index (κ1) is 15.5. The standard InChI is InChI=1S/C16H16BrClFN/c1-10(12-3-6-14(17)7-4-12)20-11(2)13-5-8-16(19)15(18)9-13/h3-11,20H,1-2H3. The van der Waals surface area contributed by atoms with Gasteiger partial charge in [0.1, 0.15) is 5.82 Å². The molecular weight excluding hydrogens is 341 g/mol. The number of nitrogens with one attached hydrogen (secondary N) is 1.